The summed E-state index contributed by atoms with van der Waals surface area (Å²) >= 11 is 0. The van der Waals surface area contributed by atoms with Crippen molar-refractivity contribution in [2.24, 2.45) is 0 Å². The Morgan fingerprint density at radius 1 is 1.26 bits per heavy atom. The molecule has 0 bridgehead atoms. The lowest BCUT2D eigenvalue weighted by atomic mass is 9.98. The molecule has 148 valence electrons. The number of aromatic amines is 1. The normalized spacial score (nSPS) is 13.9. The Morgan fingerprint density at radius 2 is 1.96 bits per heavy atom. The summed E-state index contributed by atoms with van der Waals surface area (Å²) in [5, 5.41) is 23.9. The van der Waals surface area contributed by atoms with Gasteiger partial charge in [-0.05, 0) is 51.0 Å². The summed E-state index contributed by atoms with van der Waals surface area (Å²) in [6, 6.07) is 4.90. The van der Waals surface area contributed by atoms with Crippen LogP contribution in [0.15, 0.2) is 24.4 Å². The number of H-pyrrole nitrogens is 1. The van der Waals surface area contributed by atoms with Gasteiger partial charge in [0.05, 0.1) is 18.8 Å². The highest BCUT2D eigenvalue weighted by atomic mass is 16.6. The molecule has 4 N–H and O–H groups in total. The molecular weight excluding hydrogens is 352 g/mol. The number of hydrogen-bond donors (Lipinski definition) is 4. The highest BCUT2D eigenvalue weighted by Crippen LogP contribution is 2.27. The molecule has 2 rings (SSSR count). The Labute approximate surface area is 157 Å². The van der Waals surface area contributed by atoms with Gasteiger partial charge in [0.2, 0.25) is 0 Å². The van der Waals surface area contributed by atoms with Crippen LogP contribution >= 0.6 is 0 Å². The minimum Gasteiger partial charge on any atom is -0.465 e. The monoisotopic (exact) mass is 378 g/mol. The number of rotatable bonds is 6. The molecule has 1 aromatic carbocycles. The Kier molecular flexibility index (Phi) is 6.45. The summed E-state index contributed by atoms with van der Waals surface area (Å²) in [5.74, 6) is -0.533. The molecule has 0 spiro atoms. The van der Waals surface area contributed by atoms with E-state index in [0.29, 0.717) is 22.0 Å². The van der Waals surface area contributed by atoms with E-state index in [2.05, 4.69) is 10.3 Å². The molecule has 1 amide bonds. The van der Waals surface area contributed by atoms with Gasteiger partial charge in [0, 0.05) is 23.6 Å². The van der Waals surface area contributed by atoms with E-state index in [-0.39, 0.29) is 13.0 Å². The van der Waals surface area contributed by atoms with Crippen molar-refractivity contribution in [3.8, 4) is 0 Å². The summed E-state index contributed by atoms with van der Waals surface area (Å²) in [5.41, 5.74) is 0.698. The highest BCUT2D eigenvalue weighted by Gasteiger charge is 2.23. The van der Waals surface area contributed by atoms with Crippen molar-refractivity contribution < 1.29 is 29.3 Å². The van der Waals surface area contributed by atoms with Crippen LogP contribution in [0.4, 0.5) is 4.79 Å². The van der Waals surface area contributed by atoms with Crippen LogP contribution in [0.1, 0.15) is 49.2 Å². The predicted octanol–water partition coefficient (Wildman–Crippen LogP) is 2.26. The van der Waals surface area contributed by atoms with E-state index in [1.807, 2.05) is 0 Å². The number of benzene rings is 1. The molecule has 2 unspecified atom stereocenters. The van der Waals surface area contributed by atoms with Crippen molar-refractivity contribution in [2.45, 2.75) is 45.0 Å². The number of alkyl carbamates (subject to hydrolysis) is 1. The fourth-order valence-corrected chi connectivity index (χ4v) is 2.66. The molecule has 27 heavy (non-hydrogen) atoms. The van der Waals surface area contributed by atoms with Crippen LogP contribution in [-0.2, 0) is 9.47 Å². The number of ether oxygens (including phenoxy) is 2. The van der Waals surface area contributed by atoms with Gasteiger partial charge in [0.25, 0.3) is 0 Å². The van der Waals surface area contributed by atoms with Crippen LogP contribution in [0, 0.1) is 0 Å². The number of aliphatic hydroxyl groups excluding tert-OH is 2. The van der Waals surface area contributed by atoms with Gasteiger partial charge >= 0.3 is 12.1 Å². The summed E-state index contributed by atoms with van der Waals surface area (Å²) in [6.07, 6.45) is -1.19. The second-order valence-electron chi connectivity index (χ2n) is 7.23. The van der Waals surface area contributed by atoms with Crippen molar-refractivity contribution in [1.29, 1.82) is 0 Å². The topological polar surface area (TPSA) is 121 Å². The molecule has 8 heteroatoms. The van der Waals surface area contributed by atoms with E-state index in [4.69, 9.17) is 9.47 Å². The number of carbonyl (C=O) groups is 2. The number of amides is 1. The van der Waals surface area contributed by atoms with Gasteiger partial charge in [0.15, 0.2) is 0 Å². The highest BCUT2D eigenvalue weighted by molar-refractivity contribution is 6.04. The number of fused-ring (bicyclic) bond motifs is 1. The van der Waals surface area contributed by atoms with E-state index in [1.165, 1.54) is 13.2 Å². The number of methoxy groups -OCH3 is 1. The van der Waals surface area contributed by atoms with Crippen LogP contribution in [0.5, 0.6) is 0 Å². The SMILES string of the molecule is COC(=O)c1cc(C(O)C(O)CCNC(=O)OC(C)(C)C)cc2[nH]ccc12. The fourth-order valence-electron chi connectivity index (χ4n) is 2.66. The first-order chi connectivity index (χ1) is 12.6. The van der Waals surface area contributed by atoms with Crippen LogP contribution in [0.3, 0.4) is 0 Å². The molecule has 0 aliphatic carbocycles. The van der Waals surface area contributed by atoms with Gasteiger partial charge in [-0.25, -0.2) is 9.59 Å². The molecule has 2 atom stereocenters. The molecule has 0 aliphatic rings. The smallest absolute Gasteiger partial charge is 0.407 e. The van der Waals surface area contributed by atoms with Gasteiger partial charge in [0.1, 0.15) is 11.7 Å². The molecule has 2 aromatic rings. The van der Waals surface area contributed by atoms with Crippen LogP contribution < -0.4 is 5.32 Å². The molecule has 0 saturated carbocycles. The molecule has 8 nitrogen and oxygen atoms in total. The first-order valence-corrected chi connectivity index (χ1v) is 8.64. The second-order valence-corrected chi connectivity index (χ2v) is 7.23. The Morgan fingerprint density at radius 3 is 2.59 bits per heavy atom. The lowest BCUT2D eigenvalue weighted by Gasteiger charge is -2.21. The van der Waals surface area contributed by atoms with Crippen molar-refractivity contribution in [1.82, 2.24) is 10.3 Å². The summed E-state index contributed by atoms with van der Waals surface area (Å²) in [6.45, 7) is 5.38. The van der Waals surface area contributed by atoms with Crippen LogP contribution in [0.25, 0.3) is 10.9 Å². The number of aliphatic hydroxyl groups is 2. The lowest BCUT2D eigenvalue weighted by Crippen LogP contribution is -2.34. The maximum absolute atomic E-state index is 12.0. The maximum Gasteiger partial charge on any atom is 0.407 e. The van der Waals surface area contributed by atoms with Crippen LogP contribution in [0.2, 0.25) is 0 Å². The summed E-state index contributed by atoms with van der Waals surface area (Å²) in [4.78, 5) is 26.6. The third-order valence-electron chi connectivity index (χ3n) is 3.91. The maximum atomic E-state index is 12.0. The van der Waals surface area contributed by atoms with Crippen LogP contribution in [-0.4, -0.2) is 52.6 Å². The van der Waals surface area contributed by atoms with Gasteiger partial charge in [-0.15, -0.1) is 0 Å². The zero-order valence-corrected chi connectivity index (χ0v) is 15.9. The number of carbonyl (C=O) groups excluding carboxylic acids is 2. The molecule has 0 fully saturated rings. The fraction of sp³-hybridized carbons (Fsp3) is 0.474. The molecular formula is C19H26N2O6. The van der Waals surface area contributed by atoms with Crippen molar-refractivity contribution in [2.75, 3.05) is 13.7 Å². The van der Waals surface area contributed by atoms with Gasteiger partial charge in [-0.1, -0.05) is 0 Å². The number of nitrogens with one attached hydrogen (secondary N) is 2. The predicted molar refractivity (Wildman–Crippen MR) is 99.5 cm³/mol. The molecule has 0 saturated heterocycles. The number of esters is 1. The lowest BCUT2D eigenvalue weighted by molar-refractivity contribution is 0.0123. The van der Waals surface area contributed by atoms with E-state index >= 15 is 0 Å². The number of aromatic nitrogens is 1. The molecule has 0 aliphatic heterocycles. The summed E-state index contributed by atoms with van der Waals surface area (Å²) < 4.78 is 9.89. The minimum atomic E-state index is -1.23. The van der Waals surface area contributed by atoms with Gasteiger partial charge in [-0.3, -0.25) is 0 Å². The third kappa shape index (κ3) is 5.45. The number of hydrogen-bond acceptors (Lipinski definition) is 6. The average molecular weight is 378 g/mol. The van der Waals surface area contributed by atoms with E-state index < -0.39 is 29.9 Å². The van der Waals surface area contributed by atoms with Crippen molar-refractivity contribution >= 4 is 23.0 Å². The Bertz CT molecular complexity index is 808. The zero-order chi connectivity index (χ0) is 20.2. The average Bonchev–Trinajstić information content (AvgIpc) is 3.06. The first kappa shape index (κ1) is 20.7. The van der Waals surface area contributed by atoms with Gasteiger partial charge < -0.3 is 30.0 Å². The molecule has 0 radical (unpaired) electrons. The minimum absolute atomic E-state index is 0.108. The largest absolute Gasteiger partial charge is 0.465 e. The van der Waals surface area contributed by atoms with Crippen molar-refractivity contribution in [3.63, 3.8) is 0 Å². The Balaban J connectivity index is 2.05. The van der Waals surface area contributed by atoms with E-state index in [1.54, 1.807) is 39.1 Å². The van der Waals surface area contributed by atoms with Crippen molar-refractivity contribution in [3.05, 3.63) is 35.5 Å². The quantitative estimate of drug-likeness (QED) is 0.572. The van der Waals surface area contributed by atoms with E-state index in [0.717, 1.165) is 0 Å². The van der Waals surface area contributed by atoms with E-state index in [9.17, 15) is 19.8 Å². The first-order valence-electron chi connectivity index (χ1n) is 8.64. The summed E-state index contributed by atoms with van der Waals surface area (Å²) in [7, 11) is 1.28. The third-order valence-corrected chi connectivity index (χ3v) is 3.91. The molecule has 1 aromatic heterocycles. The Hall–Kier alpha value is -2.58. The molecule has 1 heterocycles. The zero-order valence-electron chi connectivity index (χ0n) is 15.9. The second kappa shape index (κ2) is 8.41. The standard InChI is InChI=1S/C19H26N2O6/c1-19(2,3)27-18(25)21-8-6-15(22)16(23)11-9-13(17(24)26-4)12-5-7-20-14(12)10-11/h5,7,9-10,15-16,20,22-23H,6,8H2,1-4H3,(H,21,25). The van der Waals surface area contributed by atoms with Gasteiger partial charge in [-0.2, -0.15) is 0 Å².